The first kappa shape index (κ1) is 43.8. The molecule has 0 heterocycles. The summed E-state index contributed by atoms with van der Waals surface area (Å²) in [5, 5.41) is 0. The standard InChI is InChI=1S/2HI.5K.5H/h2*1H;;;;;;;;;;. The molecule has 0 spiro atoms. The van der Waals surface area contributed by atoms with Gasteiger partial charge in [0.2, 0.25) is 0 Å². The van der Waals surface area contributed by atoms with Crippen molar-refractivity contribution in [2.45, 2.75) is 0 Å². The van der Waals surface area contributed by atoms with Gasteiger partial charge in [-0.1, -0.05) is 0 Å². The van der Waals surface area contributed by atoms with Crippen LogP contribution in [-0.2, 0) is 0 Å². The van der Waals surface area contributed by atoms with Crippen molar-refractivity contribution < 1.29 is 0 Å². The van der Waals surface area contributed by atoms with Gasteiger partial charge in [0.15, 0.2) is 0 Å². The summed E-state index contributed by atoms with van der Waals surface area (Å²) in [5.74, 6) is 0. The van der Waals surface area contributed by atoms with Crippen LogP contribution in [0.1, 0.15) is 0 Å². The van der Waals surface area contributed by atoms with Crippen LogP contribution < -0.4 is 0 Å². The molecule has 0 aliphatic rings. The Morgan fingerprint density at radius 3 is 0.286 bits per heavy atom. The van der Waals surface area contributed by atoms with Crippen molar-refractivity contribution in [2.24, 2.45) is 0 Å². The Morgan fingerprint density at radius 1 is 0.286 bits per heavy atom. The second kappa shape index (κ2) is 36.1. The molecule has 0 aromatic heterocycles. The van der Waals surface area contributed by atoms with Gasteiger partial charge in [0, 0.05) is 0 Å². The molecule has 0 aliphatic carbocycles. The molecule has 0 fully saturated rings. The van der Waals surface area contributed by atoms with Crippen molar-refractivity contribution in [3.63, 3.8) is 0 Å². The molecule has 0 bridgehead atoms. The molecule has 7 heavy (non-hydrogen) atoms. The molecule has 0 aromatic carbocycles. The number of hydrogen-bond donors (Lipinski definition) is 0. The predicted molar refractivity (Wildman–Crippen MR) is 66.6 cm³/mol. The first-order chi connectivity index (χ1) is 0. The molecule has 0 rings (SSSR count). The molecule has 0 radical (unpaired) electrons. The van der Waals surface area contributed by atoms with Gasteiger partial charge < -0.3 is 0 Å². The third kappa shape index (κ3) is 31.3. The molecule has 7 heteroatoms. The summed E-state index contributed by atoms with van der Waals surface area (Å²) >= 11 is 0. The van der Waals surface area contributed by atoms with Gasteiger partial charge in [-0.25, -0.2) is 0 Å². The molecule has 0 unspecified atom stereocenters. The van der Waals surface area contributed by atoms with E-state index < -0.39 is 0 Å². The van der Waals surface area contributed by atoms with Crippen LogP contribution in [-0.4, -0.2) is 257 Å². The topological polar surface area (TPSA) is 0 Å². The Balaban J connectivity index is 0. The third-order valence-corrected chi connectivity index (χ3v) is 0. The number of hydrogen-bond acceptors (Lipinski definition) is 0. The molecule has 0 atom stereocenters. The molecular weight excluding hydrogens is 449 g/mol. The van der Waals surface area contributed by atoms with Crippen molar-refractivity contribution in [3.8, 4) is 0 Å². The van der Waals surface area contributed by atoms with E-state index >= 15 is 0 Å². The van der Waals surface area contributed by atoms with Gasteiger partial charge in [-0.15, -0.1) is 48.0 Å². The van der Waals surface area contributed by atoms with Crippen LogP contribution in [0.15, 0.2) is 0 Å². The van der Waals surface area contributed by atoms with Crippen molar-refractivity contribution in [3.05, 3.63) is 0 Å². The van der Waals surface area contributed by atoms with E-state index in [9.17, 15) is 0 Å². The van der Waals surface area contributed by atoms with Crippen LogP contribution >= 0.6 is 48.0 Å². The van der Waals surface area contributed by atoms with Gasteiger partial charge in [-0.3, -0.25) is 0 Å². The van der Waals surface area contributed by atoms with Gasteiger partial charge in [0.05, 0.1) is 0 Å². The molecule has 0 saturated heterocycles. The molecule has 0 aliphatic heterocycles. The fourth-order valence-electron chi connectivity index (χ4n) is 0. The normalized spacial score (nSPS) is 0. The van der Waals surface area contributed by atoms with Crippen molar-refractivity contribution in [2.75, 3.05) is 0 Å². The minimum absolute atomic E-state index is 0. The second-order valence-corrected chi connectivity index (χ2v) is 0. The van der Waals surface area contributed by atoms with E-state index in [0.717, 1.165) is 0 Å². The summed E-state index contributed by atoms with van der Waals surface area (Å²) in [5.41, 5.74) is 0. The zero-order valence-electron chi connectivity index (χ0n) is 0.816. The summed E-state index contributed by atoms with van der Waals surface area (Å²) in [6, 6.07) is 0. The Labute approximate surface area is 292 Å². The summed E-state index contributed by atoms with van der Waals surface area (Å²) in [6.07, 6.45) is 0. The van der Waals surface area contributed by atoms with Crippen molar-refractivity contribution in [1.82, 2.24) is 0 Å². The Kier molecular flexibility index (Phi) is 226. The quantitative estimate of drug-likeness (QED) is 0.292. The van der Waals surface area contributed by atoms with Gasteiger partial charge >= 0.3 is 257 Å². The van der Waals surface area contributed by atoms with Crippen LogP contribution in [0.3, 0.4) is 0 Å². The Bertz CT molecular complexity index is 6.04. The summed E-state index contributed by atoms with van der Waals surface area (Å²) in [7, 11) is 0. The monoisotopic (exact) mass is 456 g/mol. The molecule has 0 N–H and O–H groups in total. The Hall–Kier alpha value is 9.64. The molecule has 0 amide bonds. The Morgan fingerprint density at radius 2 is 0.286 bits per heavy atom. The first-order valence-corrected chi connectivity index (χ1v) is 0. The zero-order chi connectivity index (χ0) is 0. The van der Waals surface area contributed by atoms with Crippen LogP contribution in [0, 0.1) is 0 Å². The average molecular weight is 456 g/mol. The number of halogens is 2. The van der Waals surface area contributed by atoms with E-state index in [2.05, 4.69) is 0 Å². The van der Waals surface area contributed by atoms with Crippen molar-refractivity contribution in [1.29, 1.82) is 0 Å². The summed E-state index contributed by atoms with van der Waals surface area (Å²) in [6.45, 7) is 0. The molecule has 26 valence electrons. The van der Waals surface area contributed by atoms with Gasteiger partial charge in [0.25, 0.3) is 0 Å². The van der Waals surface area contributed by atoms with Crippen LogP contribution in [0.25, 0.3) is 0 Å². The number of rotatable bonds is 0. The van der Waals surface area contributed by atoms with Gasteiger partial charge in [0.1, 0.15) is 0 Å². The van der Waals surface area contributed by atoms with Crippen molar-refractivity contribution >= 4 is 305 Å². The van der Waals surface area contributed by atoms with E-state index in [0.29, 0.717) is 0 Å². The first-order valence-electron chi connectivity index (χ1n) is 0. The SMILES string of the molecule is I.I.[KH].[KH].[KH].[KH].[KH]. The van der Waals surface area contributed by atoms with E-state index in [4.69, 9.17) is 0 Å². The van der Waals surface area contributed by atoms with Gasteiger partial charge in [-0.05, 0) is 0 Å². The third-order valence-electron chi connectivity index (χ3n) is 0. The molecule has 0 saturated carbocycles. The average Bonchev–Trinajstić information content (AvgIpc) is 0. The van der Waals surface area contributed by atoms with Gasteiger partial charge in [-0.2, -0.15) is 0 Å². The maximum absolute atomic E-state index is 0. The zero-order valence-corrected chi connectivity index (χ0v) is 5.48. The minimum atomic E-state index is 0. The fourth-order valence-corrected chi connectivity index (χ4v) is 0. The van der Waals surface area contributed by atoms with E-state index in [-0.39, 0.29) is 305 Å². The summed E-state index contributed by atoms with van der Waals surface area (Å²) < 4.78 is 0. The van der Waals surface area contributed by atoms with E-state index in [1.807, 2.05) is 0 Å². The van der Waals surface area contributed by atoms with E-state index in [1.54, 1.807) is 0 Å². The van der Waals surface area contributed by atoms with Crippen LogP contribution in [0.5, 0.6) is 0 Å². The molecule has 0 nitrogen and oxygen atoms in total. The second-order valence-electron chi connectivity index (χ2n) is 0. The fraction of sp³-hybridized carbons (Fsp3) is 0. The summed E-state index contributed by atoms with van der Waals surface area (Å²) in [4.78, 5) is 0. The van der Waals surface area contributed by atoms with E-state index in [1.165, 1.54) is 0 Å². The van der Waals surface area contributed by atoms with Crippen LogP contribution in [0.4, 0.5) is 0 Å². The molecular formula is H7I2K5. The molecule has 0 aromatic rings. The van der Waals surface area contributed by atoms with Crippen LogP contribution in [0.2, 0.25) is 0 Å². The predicted octanol–water partition coefficient (Wildman–Crippen LogP) is -2.01. The maximum atomic E-state index is 0.